The fourth-order valence-electron chi connectivity index (χ4n) is 2.31. The molecule has 1 amide bonds. The minimum absolute atomic E-state index is 0.143. The number of carbonyl (C=O) groups excluding carboxylic acids is 2. The topological polar surface area (TPSA) is 134 Å². The lowest BCUT2D eigenvalue weighted by molar-refractivity contribution is -0.147. The molecule has 154 valence electrons. The van der Waals surface area contributed by atoms with Gasteiger partial charge in [0.05, 0.1) is 12.5 Å². The van der Waals surface area contributed by atoms with Crippen molar-refractivity contribution in [3.05, 3.63) is 42.4 Å². The minimum Gasteiger partial charge on any atom is -0.456 e. The van der Waals surface area contributed by atoms with Gasteiger partial charge in [-0.15, -0.1) is 0 Å². The molecule has 0 saturated heterocycles. The average molecular weight is 419 g/mol. The highest BCUT2D eigenvalue weighted by atomic mass is 32.2. The van der Waals surface area contributed by atoms with Gasteiger partial charge in [-0.2, -0.15) is 5.26 Å². The maximum absolute atomic E-state index is 12.3. The Morgan fingerprint density at radius 3 is 2.59 bits per heavy atom. The number of nitrogens with one attached hydrogen (secondary N) is 1. The molecule has 0 fully saturated rings. The highest BCUT2D eigenvalue weighted by Crippen LogP contribution is 2.13. The molecule has 2 aromatic rings. The molecule has 10 nitrogen and oxygen atoms in total. The summed E-state index contributed by atoms with van der Waals surface area (Å²) in [6.07, 6.45) is 1.10. The molecular weight excluding hydrogens is 398 g/mol. The molecule has 0 radical (unpaired) electrons. The fraction of sp³-hybridized carbons (Fsp3) is 0.333. The molecule has 1 aromatic heterocycles. The maximum atomic E-state index is 12.3. The predicted molar refractivity (Wildman–Crippen MR) is 103 cm³/mol. The second-order valence-electron chi connectivity index (χ2n) is 6.02. The summed E-state index contributed by atoms with van der Waals surface area (Å²) in [5.74, 6) is -0.775. The lowest BCUT2D eigenvalue weighted by Gasteiger charge is -2.19. The first-order valence-corrected chi connectivity index (χ1v) is 10.1. The van der Waals surface area contributed by atoms with Crippen LogP contribution in [-0.2, 0) is 31.4 Å². The van der Waals surface area contributed by atoms with E-state index in [-0.39, 0.29) is 24.5 Å². The standard InChI is InChI=1S/C18H21N5O5S/c1-14-21-16(12-22(14)2)29(26,27)20-10-8-18(25)28-13-17(24)23(11-9-19)15-6-4-3-5-7-15/h3-7,12,20H,8,10-11,13H2,1-2H3. The first-order valence-electron chi connectivity index (χ1n) is 8.62. The van der Waals surface area contributed by atoms with Gasteiger partial charge in [0.1, 0.15) is 12.4 Å². The zero-order valence-corrected chi connectivity index (χ0v) is 16.8. The average Bonchev–Trinajstić information content (AvgIpc) is 3.04. The van der Waals surface area contributed by atoms with Crippen LogP contribution in [0, 0.1) is 18.3 Å². The van der Waals surface area contributed by atoms with Gasteiger partial charge in [-0.1, -0.05) is 18.2 Å². The molecule has 0 atom stereocenters. The first-order chi connectivity index (χ1) is 13.7. The van der Waals surface area contributed by atoms with Crippen LogP contribution in [0.3, 0.4) is 0 Å². The number of rotatable bonds is 9. The molecule has 0 bridgehead atoms. The molecule has 1 N–H and O–H groups in total. The first kappa shape index (κ1) is 22.1. The number of sulfonamides is 1. The van der Waals surface area contributed by atoms with Crippen molar-refractivity contribution in [2.45, 2.75) is 18.4 Å². The van der Waals surface area contributed by atoms with E-state index in [4.69, 9.17) is 10.00 Å². The van der Waals surface area contributed by atoms with E-state index in [0.717, 1.165) is 0 Å². The molecule has 0 aliphatic heterocycles. The van der Waals surface area contributed by atoms with E-state index < -0.39 is 28.5 Å². The van der Waals surface area contributed by atoms with E-state index >= 15 is 0 Å². The molecule has 0 aliphatic carbocycles. The second kappa shape index (κ2) is 9.81. The van der Waals surface area contributed by atoms with Crippen molar-refractivity contribution in [2.24, 2.45) is 7.05 Å². The lowest BCUT2D eigenvalue weighted by atomic mass is 10.3. The van der Waals surface area contributed by atoms with E-state index in [1.807, 2.05) is 6.07 Å². The predicted octanol–water partition coefficient (Wildman–Crippen LogP) is 0.497. The van der Waals surface area contributed by atoms with Gasteiger partial charge in [-0.05, 0) is 19.1 Å². The molecule has 0 unspecified atom stereocenters. The molecule has 1 aromatic carbocycles. The summed E-state index contributed by atoms with van der Waals surface area (Å²) < 4.78 is 33.0. The van der Waals surface area contributed by atoms with Crippen LogP contribution in [-0.4, -0.2) is 49.5 Å². The van der Waals surface area contributed by atoms with Gasteiger partial charge in [0.2, 0.25) is 0 Å². The Kier molecular flexibility index (Phi) is 7.46. The minimum atomic E-state index is -3.85. The van der Waals surface area contributed by atoms with Crippen LogP contribution in [0.15, 0.2) is 41.6 Å². The van der Waals surface area contributed by atoms with Gasteiger partial charge < -0.3 is 9.30 Å². The summed E-state index contributed by atoms with van der Waals surface area (Å²) in [5, 5.41) is 8.76. The van der Waals surface area contributed by atoms with Gasteiger partial charge in [0.25, 0.3) is 15.9 Å². The summed E-state index contributed by atoms with van der Waals surface area (Å²) in [6.45, 7) is 0.718. The molecule has 11 heteroatoms. The van der Waals surface area contributed by atoms with E-state index in [9.17, 15) is 18.0 Å². The zero-order valence-electron chi connectivity index (χ0n) is 16.0. The summed E-state index contributed by atoms with van der Waals surface area (Å²) >= 11 is 0. The highest BCUT2D eigenvalue weighted by Gasteiger charge is 2.20. The van der Waals surface area contributed by atoms with Gasteiger partial charge >= 0.3 is 5.97 Å². The third-order valence-electron chi connectivity index (χ3n) is 3.94. The number of benzene rings is 1. The normalized spacial score (nSPS) is 10.9. The molecule has 0 aliphatic rings. The Hall–Kier alpha value is -3.23. The van der Waals surface area contributed by atoms with Crippen molar-refractivity contribution in [3.63, 3.8) is 0 Å². The van der Waals surface area contributed by atoms with Crippen LogP contribution in [0.25, 0.3) is 0 Å². The number of para-hydroxylation sites is 1. The van der Waals surface area contributed by atoms with Crippen LogP contribution in [0.2, 0.25) is 0 Å². The second-order valence-corrected chi connectivity index (χ2v) is 7.73. The van der Waals surface area contributed by atoms with Crippen LogP contribution in [0.5, 0.6) is 0 Å². The molecule has 0 saturated carbocycles. The number of aromatic nitrogens is 2. The van der Waals surface area contributed by atoms with E-state index in [1.165, 1.54) is 11.1 Å². The number of nitrogens with zero attached hydrogens (tertiary/aromatic N) is 4. The molecular formula is C18H21N5O5S. The van der Waals surface area contributed by atoms with Crippen LogP contribution in [0.4, 0.5) is 5.69 Å². The zero-order chi connectivity index (χ0) is 21.4. The number of carbonyl (C=O) groups is 2. The van der Waals surface area contributed by atoms with Gasteiger partial charge in [0, 0.05) is 25.5 Å². The van der Waals surface area contributed by atoms with Crippen LogP contribution in [0.1, 0.15) is 12.2 Å². The monoisotopic (exact) mass is 419 g/mol. The number of ether oxygens (including phenoxy) is 1. The summed E-state index contributed by atoms with van der Waals surface area (Å²) in [6, 6.07) is 10.4. The van der Waals surface area contributed by atoms with Crippen LogP contribution < -0.4 is 9.62 Å². The van der Waals surface area contributed by atoms with E-state index in [1.54, 1.807) is 48.9 Å². The maximum Gasteiger partial charge on any atom is 0.307 e. The Balaban J connectivity index is 1.83. The molecule has 1 heterocycles. The third kappa shape index (κ3) is 6.13. The van der Waals surface area contributed by atoms with Crippen molar-refractivity contribution in [3.8, 4) is 6.07 Å². The Morgan fingerprint density at radius 2 is 2.00 bits per heavy atom. The number of amides is 1. The summed E-state index contributed by atoms with van der Waals surface area (Å²) in [5.41, 5.74) is 0.508. The third-order valence-corrected chi connectivity index (χ3v) is 5.27. The molecule has 29 heavy (non-hydrogen) atoms. The van der Waals surface area contributed by atoms with Crippen molar-refractivity contribution in [1.82, 2.24) is 14.3 Å². The van der Waals surface area contributed by atoms with Gasteiger partial charge in [-0.3, -0.25) is 14.5 Å². The van der Waals surface area contributed by atoms with Gasteiger partial charge in [-0.25, -0.2) is 18.1 Å². The largest absolute Gasteiger partial charge is 0.456 e. The van der Waals surface area contributed by atoms with E-state index in [0.29, 0.717) is 11.5 Å². The smallest absolute Gasteiger partial charge is 0.307 e. The van der Waals surface area contributed by atoms with Crippen molar-refractivity contribution in [2.75, 3.05) is 24.6 Å². The number of imidazole rings is 1. The number of anilines is 1. The van der Waals surface area contributed by atoms with Gasteiger partial charge in [0.15, 0.2) is 11.6 Å². The summed E-state index contributed by atoms with van der Waals surface area (Å²) in [7, 11) is -2.18. The van der Waals surface area contributed by atoms with E-state index in [2.05, 4.69) is 9.71 Å². The SMILES string of the molecule is Cc1nc(S(=O)(=O)NCCC(=O)OCC(=O)N(CC#N)c2ccccc2)cn1C. The highest BCUT2D eigenvalue weighted by molar-refractivity contribution is 7.89. The quantitative estimate of drug-likeness (QED) is 0.462. The molecule has 0 spiro atoms. The number of nitriles is 1. The molecule has 2 rings (SSSR count). The fourth-order valence-corrected chi connectivity index (χ4v) is 3.38. The number of hydrogen-bond acceptors (Lipinski definition) is 7. The Morgan fingerprint density at radius 1 is 1.31 bits per heavy atom. The Bertz CT molecular complexity index is 992. The Labute approximate surface area is 168 Å². The van der Waals surface area contributed by atoms with Crippen molar-refractivity contribution in [1.29, 1.82) is 5.26 Å². The number of aryl methyl sites for hydroxylation is 2. The number of hydrogen-bond donors (Lipinski definition) is 1. The number of esters is 1. The van der Waals surface area contributed by atoms with Crippen molar-refractivity contribution >= 4 is 27.6 Å². The van der Waals surface area contributed by atoms with Crippen molar-refractivity contribution < 1.29 is 22.7 Å². The summed E-state index contributed by atoms with van der Waals surface area (Å²) in [4.78, 5) is 29.2. The lowest BCUT2D eigenvalue weighted by Crippen LogP contribution is -2.35. The van der Waals surface area contributed by atoms with Crippen LogP contribution >= 0.6 is 0 Å².